The number of hydrogen-bond acceptors (Lipinski definition) is 3. The maximum atomic E-state index is 12.6. The molecule has 0 aliphatic heterocycles. The van der Waals surface area contributed by atoms with E-state index in [2.05, 4.69) is 5.32 Å². The number of pyridine rings is 1. The van der Waals surface area contributed by atoms with E-state index in [0.717, 1.165) is 15.5 Å². The number of halogens is 4. The first-order valence-electron chi connectivity index (χ1n) is 7.18. The second kappa shape index (κ2) is 8.44. The first-order chi connectivity index (χ1) is 11.8. The second-order valence-corrected chi connectivity index (χ2v) is 6.64. The molecular weight excluding hydrogens is 377 g/mol. The Hall–Kier alpha value is -1.93. The van der Waals surface area contributed by atoms with Crippen molar-refractivity contribution in [2.75, 3.05) is 12.3 Å². The molecule has 0 unspecified atom stereocenters. The van der Waals surface area contributed by atoms with E-state index in [9.17, 15) is 22.8 Å². The van der Waals surface area contributed by atoms with Crippen molar-refractivity contribution in [2.45, 2.75) is 17.6 Å². The van der Waals surface area contributed by atoms with Crippen LogP contribution in [0.15, 0.2) is 52.3 Å². The zero-order valence-electron chi connectivity index (χ0n) is 12.8. The van der Waals surface area contributed by atoms with E-state index < -0.39 is 29.8 Å². The molecule has 0 saturated heterocycles. The second-order valence-electron chi connectivity index (χ2n) is 5.03. The van der Waals surface area contributed by atoms with Crippen molar-refractivity contribution in [3.05, 3.63) is 63.5 Å². The number of nitrogens with one attached hydrogen (secondary N) is 1. The molecule has 0 bridgehead atoms. The lowest BCUT2D eigenvalue weighted by Gasteiger charge is -2.11. The van der Waals surface area contributed by atoms with Crippen molar-refractivity contribution in [1.82, 2.24) is 9.88 Å². The quantitative estimate of drug-likeness (QED) is 0.607. The maximum absolute atomic E-state index is 12.6. The van der Waals surface area contributed by atoms with E-state index in [-0.39, 0.29) is 0 Å². The largest absolute Gasteiger partial charge is 0.417 e. The standard InChI is InChI=1S/C16H14ClF3N2O2S/c17-12-2-4-13(5-3-12)25-8-7-21-14(23)10-22-9-11(16(18,19)20)1-6-15(22)24/h1-6,9H,7-8,10H2,(H,21,23). The van der Waals surface area contributed by atoms with Crippen molar-refractivity contribution in [1.29, 1.82) is 0 Å². The lowest BCUT2D eigenvalue weighted by Crippen LogP contribution is -2.33. The van der Waals surface area contributed by atoms with Crippen LogP contribution in [0.2, 0.25) is 5.02 Å². The number of benzene rings is 1. The van der Waals surface area contributed by atoms with Gasteiger partial charge in [-0.3, -0.25) is 9.59 Å². The Bertz CT molecular complexity index is 791. The first-order valence-corrected chi connectivity index (χ1v) is 8.55. The minimum Gasteiger partial charge on any atom is -0.354 e. The molecule has 134 valence electrons. The van der Waals surface area contributed by atoms with Crippen molar-refractivity contribution < 1.29 is 18.0 Å². The van der Waals surface area contributed by atoms with Gasteiger partial charge in [0.05, 0.1) is 5.56 Å². The fourth-order valence-electron chi connectivity index (χ4n) is 1.92. The summed E-state index contributed by atoms with van der Waals surface area (Å²) >= 11 is 7.27. The molecule has 9 heteroatoms. The van der Waals surface area contributed by atoms with E-state index in [0.29, 0.717) is 29.6 Å². The number of alkyl halides is 3. The van der Waals surface area contributed by atoms with Gasteiger partial charge in [-0.05, 0) is 30.3 Å². The first kappa shape index (κ1) is 19.4. The average Bonchev–Trinajstić information content (AvgIpc) is 2.54. The molecule has 2 aromatic rings. The van der Waals surface area contributed by atoms with Crippen LogP contribution in [0.5, 0.6) is 0 Å². The summed E-state index contributed by atoms with van der Waals surface area (Å²) in [6, 6.07) is 8.69. The Morgan fingerprint density at radius 1 is 1.16 bits per heavy atom. The average molecular weight is 391 g/mol. The summed E-state index contributed by atoms with van der Waals surface area (Å²) in [5.41, 5.74) is -1.64. The van der Waals surface area contributed by atoms with E-state index in [1.54, 1.807) is 12.1 Å². The van der Waals surface area contributed by atoms with Crippen molar-refractivity contribution >= 4 is 29.3 Å². The van der Waals surface area contributed by atoms with Crippen LogP contribution in [-0.2, 0) is 17.5 Å². The third kappa shape index (κ3) is 6.13. The molecule has 2 rings (SSSR count). The van der Waals surface area contributed by atoms with Crippen LogP contribution in [0.1, 0.15) is 5.56 Å². The number of nitrogens with zero attached hydrogens (tertiary/aromatic N) is 1. The fraction of sp³-hybridized carbons (Fsp3) is 0.250. The van der Waals surface area contributed by atoms with Crippen LogP contribution in [0, 0.1) is 0 Å². The van der Waals surface area contributed by atoms with Gasteiger partial charge >= 0.3 is 6.18 Å². The lowest BCUT2D eigenvalue weighted by atomic mass is 10.3. The number of carbonyl (C=O) groups excluding carboxylic acids is 1. The lowest BCUT2D eigenvalue weighted by molar-refractivity contribution is -0.138. The summed E-state index contributed by atoms with van der Waals surface area (Å²) in [4.78, 5) is 24.4. The van der Waals surface area contributed by atoms with Gasteiger partial charge in [-0.25, -0.2) is 0 Å². The predicted octanol–water partition coefficient (Wildman–Crippen LogP) is 3.43. The summed E-state index contributed by atoms with van der Waals surface area (Å²) in [7, 11) is 0. The van der Waals surface area contributed by atoms with E-state index >= 15 is 0 Å². The molecular formula is C16H14ClF3N2O2S. The third-order valence-corrected chi connectivity index (χ3v) is 4.40. The van der Waals surface area contributed by atoms with Crippen LogP contribution in [0.3, 0.4) is 0 Å². The highest BCUT2D eigenvalue weighted by Crippen LogP contribution is 2.28. The van der Waals surface area contributed by atoms with Crippen LogP contribution < -0.4 is 10.9 Å². The number of rotatable bonds is 6. The molecule has 1 N–H and O–H groups in total. The Labute approximate surface area is 151 Å². The summed E-state index contributed by atoms with van der Waals surface area (Å²) < 4.78 is 38.7. The number of hydrogen-bond donors (Lipinski definition) is 1. The fourth-order valence-corrected chi connectivity index (χ4v) is 2.82. The van der Waals surface area contributed by atoms with Gasteiger partial charge in [-0.2, -0.15) is 13.2 Å². The smallest absolute Gasteiger partial charge is 0.354 e. The normalized spacial score (nSPS) is 11.4. The minimum atomic E-state index is -4.57. The summed E-state index contributed by atoms with van der Waals surface area (Å²) in [5, 5.41) is 3.20. The van der Waals surface area contributed by atoms with Crippen molar-refractivity contribution in [3.63, 3.8) is 0 Å². The van der Waals surface area contributed by atoms with Crippen LogP contribution in [0.4, 0.5) is 13.2 Å². The molecule has 1 aromatic carbocycles. The van der Waals surface area contributed by atoms with Crippen LogP contribution in [-0.4, -0.2) is 22.8 Å². The Morgan fingerprint density at radius 2 is 1.84 bits per heavy atom. The van der Waals surface area contributed by atoms with E-state index in [1.807, 2.05) is 12.1 Å². The van der Waals surface area contributed by atoms with Crippen molar-refractivity contribution in [2.24, 2.45) is 0 Å². The number of thioether (sulfide) groups is 1. The van der Waals surface area contributed by atoms with E-state index in [1.165, 1.54) is 11.8 Å². The van der Waals surface area contributed by atoms with Crippen LogP contribution >= 0.6 is 23.4 Å². The van der Waals surface area contributed by atoms with Gasteiger partial charge in [0.1, 0.15) is 6.54 Å². The molecule has 1 heterocycles. The SMILES string of the molecule is O=C(Cn1cc(C(F)(F)F)ccc1=O)NCCSc1ccc(Cl)cc1. The van der Waals surface area contributed by atoms with Gasteiger partial charge in [-0.15, -0.1) is 11.8 Å². The van der Waals surface area contributed by atoms with Crippen molar-refractivity contribution in [3.8, 4) is 0 Å². The molecule has 0 atom stereocenters. The molecule has 1 amide bonds. The highest BCUT2D eigenvalue weighted by Gasteiger charge is 2.31. The summed E-state index contributed by atoms with van der Waals surface area (Å²) in [6.45, 7) is -0.145. The monoisotopic (exact) mass is 390 g/mol. The molecule has 0 aliphatic carbocycles. The molecule has 25 heavy (non-hydrogen) atoms. The van der Waals surface area contributed by atoms with Gasteiger partial charge in [0.15, 0.2) is 0 Å². The minimum absolute atomic E-state index is 0.319. The van der Waals surface area contributed by atoms with Gasteiger partial charge in [0, 0.05) is 34.5 Å². The Kier molecular flexibility index (Phi) is 6.55. The number of carbonyl (C=O) groups is 1. The van der Waals surface area contributed by atoms with Gasteiger partial charge in [-0.1, -0.05) is 11.6 Å². The molecule has 1 aromatic heterocycles. The molecule has 0 saturated carbocycles. The topological polar surface area (TPSA) is 51.1 Å². The summed E-state index contributed by atoms with van der Waals surface area (Å²) in [6.07, 6.45) is -3.93. The Morgan fingerprint density at radius 3 is 2.48 bits per heavy atom. The highest BCUT2D eigenvalue weighted by atomic mass is 35.5. The predicted molar refractivity (Wildman–Crippen MR) is 90.9 cm³/mol. The number of amides is 1. The maximum Gasteiger partial charge on any atom is 0.417 e. The third-order valence-electron chi connectivity index (χ3n) is 3.13. The molecule has 0 fully saturated rings. The van der Waals surface area contributed by atoms with Gasteiger partial charge in [0.25, 0.3) is 5.56 Å². The molecule has 0 spiro atoms. The molecule has 0 aliphatic rings. The van der Waals surface area contributed by atoms with Gasteiger partial charge in [0.2, 0.25) is 5.91 Å². The number of aromatic nitrogens is 1. The van der Waals surface area contributed by atoms with E-state index in [4.69, 9.17) is 11.6 Å². The molecule has 4 nitrogen and oxygen atoms in total. The summed E-state index contributed by atoms with van der Waals surface area (Å²) in [5.74, 6) is 0.0448. The highest BCUT2D eigenvalue weighted by molar-refractivity contribution is 7.99. The Balaban J connectivity index is 1.84. The molecule has 0 radical (unpaired) electrons. The zero-order chi connectivity index (χ0) is 18.4. The van der Waals surface area contributed by atoms with Gasteiger partial charge < -0.3 is 9.88 Å². The van der Waals surface area contributed by atoms with Crippen LogP contribution in [0.25, 0.3) is 0 Å². The zero-order valence-corrected chi connectivity index (χ0v) is 14.4.